The largest absolute Gasteiger partial charge is 0.354 e. The van der Waals surface area contributed by atoms with Gasteiger partial charge in [-0.15, -0.1) is 12.4 Å². The van der Waals surface area contributed by atoms with Crippen molar-refractivity contribution < 1.29 is 9.72 Å². The Labute approximate surface area is 194 Å². The molecule has 1 aliphatic rings. The molecule has 0 saturated carbocycles. The van der Waals surface area contributed by atoms with E-state index in [2.05, 4.69) is 27.4 Å². The molecule has 2 heterocycles. The fourth-order valence-electron chi connectivity index (χ4n) is 3.79. The van der Waals surface area contributed by atoms with Gasteiger partial charge >= 0.3 is 0 Å². The Morgan fingerprint density at radius 1 is 1.31 bits per heavy atom. The lowest BCUT2D eigenvalue weighted by atomic mass is 10.1. The van der Waals surface area contributed by atoms with Crippen LogP contribution in [0, 0.1) is 17.0 Å². The van der Waals surface area contributed by atoms with E-state index >= 15 is 0 Å². The topological polar surface area (TPSA) is 113 Å². The third-order valence-electron chi connectivity index (χ3n) is 5.37. The number of carbonyl (C=O) groups excluding carboxylic acids is 1. The molecule has 9 nitrogen and oxygen atoms in total. The molecular weight excluding hydrogens is 432 g/mol. The summed E-state index contributed by atoms with van der Waals surface area (Å²) in [5, 5.41) is 17.4. The Hall–Kier alpha value is -2.94. The number of aromatic nitrogens is 2. The molecule has 2 aromatic rings. The SMILES string of the molecule is CCCCc1cc(N2CCCC(NC(C)=O)C2)nc(Nc2ccc(C)c([N+](=O)[O-])c2)n1.Cl. The van der Waals surface area contributed by atoms with Crippen molar-refractivity contribution in [3.8, 4) is 0 Å². The minimum absolute atomic E-state index is 0. The predicted octanol–water partition coefficient (Wildman–Crippen LogP) is 4.31. The molecule has 32 heavy (non-hydrogen) atoms. The summed E-state index contributed by atoms with van der Waals surface area (Å²) in [6.07, 6.45) is 4.81. The molecule has 0 radical (unpaired) electrons. The van der Waals surface area contributed by atoms with E-state index in [0.29, 0.717) is 23.7 Å². The van der Waals surface area contributed by atoms with E-state index in [0.717, 1.165) is 50.2 Å². The minimum atomic E-state index is -0.389. The van der Waals surface area contributed by atoms with Gasteiger partial charge in [-0.25, -0.2) is 4.98 Å². The van der Waals surface area contributed by atoms with Gasteiger partial charge in [-0.3, -0.25) is 14.9 Å². The molecule has 10 heteroatoms. The summed E-state index contributed by atoms with van der Waals surface area (Å²) in [5.41, 5.74) is 2.16. The predicted molar refractivity (Wildman–Crippen MR) is 128 cm³/mol. The zero-order chi connectivity index (χ0) is 22.4. The van der Waals surface area contributed by atoms with Crippen LogP contribution in [0.3, 0.4) is 0 Å². The molecular formula is C22H31ClN6O3. The fourth-order valence-corrected chi connectivity index (χ4v) is 3.79. The Kier molecular flexibility index (Phi) is 9.19. The monoisotopic (exact) mass is 462 g/mol. The molecule has 0 aliphatic carbocycles. The molecule has 1 fully saturated rings. The Morgan fingerprint density at radius 2 is 2.09 bits per heavy atom. The number of unbranched alkanes of at least 4 members (excludes halogenated alkanes) is 1. The number of hydrogen-bond donors (Lipinski definition) is 2. The quantitative estimate of drug-likeness (QED) is 0.444. The zero-order valence-corrected chi connectivity index (χ0v) is 19.6. The third-order valence-corrected chi connectivity index (χ3v) is 5.37. The molecule has 2 N–H and O–H groups in total. The number of rotatable bonds is 8. The van der Waals surface area contributed by atoms with Gasteiger partial charge in [0.2, 0.25) is 11.9 Å². The van der Waals surface area contributed by atoms with Crippen molar-refractivity contribution in [2.75, 3.05) is 23.3 Å². The van der Waals surface area contributed by atoms with E-state index in [9.17, 15) is 14.9 Å². The molecule has 1 amide bonds. The van der Waals surface area contributed by atoms with Crippen molar-refractivity contribution in [3.63, 3.8) is 0 Å². The van der Waals surface area contributed by atoms with Crippen LogP contribution in [0.5, 0.6) is 0 Å². The highest BCUT2D eigenvalue weighted by atomic mass is 35.5. The number of benzene rings is 1. The second-order valence-electron chi connectivity index (χ2n) is 8.01. The van der Waals surface area contributed by atoms with E-state index < -0.39 is 0 Å². The molecule has 1 aromatic carbocycles. The Balaban J connectivity index is 0.00000363. The van der Waals surface area contributed by atoms with Gasteiger partial charge in [0.15, 0.2) is 0 Å². The van der Waals surface area contributed by atoms with Gasteiger partial charge in [0.05, 0.1) is 4.92 Å². The molecule has 1 atom stereocenters. The van der Waals surface area contributed by atoms with Crippen LogP contribution in [0.1, 0.15) is 50.8 Å². The second-order valence-corrected chi connectivity index (χ2v) is 8.01. The van der Waals surface area contributed by atoms with Crippen molar-refractivity contribution in [1.82, 2.24) is 15.3 Å². The summed E-state index contributed by atoms with van der Waals surface area (Å²) in [6.45, 7) is 6.93. The minimum Gasteiger partial charge on any atom is -0.354 e. The Morgan fingerprint density at radius 3 is 2.78 bits per heavy atom. The molecule has 174 valence electrons. The smallest absolute Gasteiger partial charge is 0.274 e. The summed E-state index contributed by atoms with van der Waals surface area (Å²) in [5.74, 6) is 1.20. The van der Waals surface area contributed by atoms with Crippen molar-refractivity contribution in [3.05, 3.63) is 45.6 Å². The number of nitro groups is 1. The number of anilines is 3. The third kappa shape index (κ3) is 6.78. The lowest BCUT2D eigenvalue weighted by Gasteiger charge is -2.34. The van der Waals surface area contributed by atoms with Crippen LogP contribution in [0.2, 0.25) is 0 Å². The number of piperidine rings is 1. The standard InChI is InChI=1S/C22H30N6O3.ClH/c1-4-5-7-17-13-21(27-11-6-8-19(14-27)23-16(3)29)26-22(24-17)25-18-10-9-15(2)20(12-18)28(30)31;/h9-10,12-13,19H,4-8,11,14H2,1-3H3,(H,23,29)(H,24,25,26);1H. The van der Waals surface area contributed by atoms with Crippen molar-refractivity contribution >= 4 is 41.5 Å². The van der Waals surface area contributed by atoms with Gasteiger partial charge in [0.25, 0.3) is 5.69 Å². The normalized spacial score (nSPS) is 15.6. The number of carbonyl (C=O) groups is 1. The number of nitrogens with one attached hydrogen (secondary N) is 2. The van der Waals surface area contributed by atoms with Gasteiger partial charge in [-0.05, 0) is 38.7 Å². The summed E-state index contributed by atoms with van der Waals surface area (Å²) in [6, 6.07) is 7.11. The van der Waals surface area contributed by atoms with E-state index in [-0.39, 0.29) is 35.0 Å². The molecule has 0 spiro atoms. The highest BCUT2D eigenvalue weighted by Gasteiger charge is 2.22. The molecule has 1 saturated heterocycles. The van der Waals surface area contributed by atoms with Gasteiger partial charge in [0.1, 0.15) is 5.82 Å². The van der Waals surface area contributed by atoms with Crippen LogP contribution in [0.4, 0.5) is 23.1 Å². The van der Waals surface area contributed by atoms with Crippen LogP contribution < -0.4 is 15.5 Å². The summed E-state index contributed by atoms with van der Waals surface area (Å²) in [7, 11) is 0. The van der Waals surface area contributed by atoms with Gasteiger partial charge < -0.3 is 15.5 Å². The Bertz CT molecular complexity index is 955. The molecule has 1 aliphatic heterocycles. The highest BCUT2D eigenvalue weighted by molar-refractivity contribution is 5.85. The summed E-state index contributed by atoms with van der Waals surface area (Å²) in [4.78, 5) is 33.9. The number of nitrogens with zero attached hydrogens (tertiary/aromatic N) is 4. The van der Waals surface area contributed by atoms with E-state index in [1.54, 1.807) is 19.1 Å². The average Bonchev–Trinajstić information content (AvgIpc) is 2.73. The molecule has 3 rings (SSSR count). The van der Waals surface area contributed by atoms with Crippen LogP contribution in [0.15, 0.2) is 24.3 Å². The number of aryl methyl sites for hydroxylation is 2. The lowest BCUT2D eigenvalue weighted by molar-refractivity contribution is -0.385. The van der Waals surface area contributed by atoms with Crippen LogP contribution in [0.25, 0.3) is 0 Å². The van der Waals surface area contributed by atoms with Gasteiger partial charge in [0, 0.05) is 55.1 Å². The van der Waals surface area contributed by atoms with Crippen LogP contribution in [-0.2, 0) is 11.2 Å². The first-order chi connectivity index (χ1) is 14.9. The van der Waals surface area contributed by atoms with Crippen LogP contribution in [-0.4, -0.2) is 39.9 Å². The number of halogens is 1. The fraction of sp³-hybridized carbons (Fsp3) is 0.500. The van der Waals surface area contributed by atoms with E-state index in [4.69, 9.17) is 4.98 Å². The molecule has 1 aromatic heterocycles. The van der Waals surface area contributed by atoms with Gasteiger partial charge in [-0.1, -0.05) is 19.4 Å². The average molecular weight is 463 g/mol. The summed E-state index contributed by atoms with van der Waals surface area (Å²) < 4.78 is 0. The molecule has 1 unspecified atom stereocenters. The van der Waals surface area contributed by atoms with E-state index in [1.165, 1.54) is 13.0 Å². The highest BCUT2D eigenvalue weighted by Crippen LogP contribution is 2.26. The zero-order valence-electron chi connectivity index (χ0n) is 18.8. The van der Waals surface area contributed by atoms with Crippen molar-refractivity contribution in [1.29, 1.82) is 0 Å². The van der Waals surface area contributed by atoms with Crippen LogP contribution >= 0.6 is 12.4 Å². The number of hydrogen-bond acceptors (Lipinski definition) is 7. The molecule has 0 bridgehead atoms. The van der Waals surface area contributed by atoms with E-state index in [1.807, 2.05) is 6.07 Å². The van der Waals surface area contributed by atoms with Crippen molar-refractivity contribution in [2.45, 2.75) is 58.9 Å². The lowest BCUT2D eigenvalue weighted by Crippen LogP contribution is -2.47. The maximum absolute atomic E-state index is 11.5. The maximum atomic E-state index is 11.5. The number of nitro benzene ring substituents is 1. The van der Waals surface area contributed by atoms with Gasteiger partial charge in [-0.2, -0.15) is 4.98 Å². The first kappa shape index (κ1) is 25.3. The second kappa shape index (κ2) is 11.6. The summed E-state index contributed by atoms with van der Waals surface area (Å²) >= 11 is 0. The first-order valence-corrected chi connectivity index (χ1v) is 10.8. The van der Waals surface area contributed by atoms with Crippen molar-refractivity contribution in [2.24, 2.45) is 0 Å². The number of amides is 1. The maximum Gasteiger partial charge on any atom is 0.274 e. The first-order valence-electron chi connectivity index (χ1n) is 10.8.